The minimum absolute atomic E-state index is 0.0122. The SMILES string of the molecule is CCOC(C)c1nc(CC(=O)N2CCN(Cc3c(C)nn(C)c3C)CC2)cs1. The monoisotopic (exact) mass is 405 g/mol. The first-order valence-electron chi connectivity index (χ1n) is 9.94. The van der Waals surface area contributed by atoms with Gasteiger partial charge in [0.15, 0.2) is 0 Å². The Kier molecular flexibility index (Phi) is 6.85. The molecule has 1 aliphatic rings. The summed E-state index contributed by atoms with van der Waals surface area (Å²) in [7, 11) is 1.99. The van der Waals surface area contributed by atoms with E-state index < -0.39 is 0 Å². The van der Waals surface area contributed by atoms with Crippen molar-refractivity contribution in [2.45, 2.75) is 46.8 Å². The summed E-state index contributed by atoms with van der Waals surface area (Å²) in [4.78, 5) is 21.6. The molecule has 1 fully saturated rings. The molecular formula is C20H31N5O2S. The summed E-state index contributed by atoms with van der Waals surface area (Å²) in [5.41, 5.74) is 4.47. The number of thiazole rings is 1. The Morgan fingerprint density at radius 3 is 2.61 bits per heavy atom. The van der Waals surface area contributed by atoms with Gasteiger partial charge in [0.1, 0.15) is 11.1 Å². The standard InChI is InChI=1S/C20H31N5O2S/c1-6-27-16(4)20-21-17(13-28-20)11-19(26)25-9-7-24(8-10-25)12-18-14(2)22-23(5)15(18)3/h13,16H,6-12H2,1-5H3. The van der Waals surface area contributed by atoms with E-state index in [2.05, 4.69) is 28.8 Å². The molecule has 7 nitrogen and oxygen atoms in total. The lowest BCUT2D eigenvalue weighted by Gasteiger charge is -2.34. The van der Waals surface area contributed by atoms with Gasteiger partial charge in [-0.05, 0) is 27.7 Å². The Labute approximate surface area is 171 Å². The van der Waals surface area contributed by atoms with E-state index in [0.717, 1.165) is 49.1 Å². The van der Waals surface area contributed by atoms with E-state index in [-0.39, 0.29) is 12.0 Å². The zero-order chi connectivity index (χ0) is 20.3. The molecule has 2 aromatic heterocycles. The Hall–Kier alpha value is -1.77. The zero-order valence-corrected chi connectivity index (χ0v) is 18.4. The molecule has 0 radical (unpaired) electrons. The zero-order valence-electron chi connectivity index (χ0n) is 17.6. The maximum atomic E-state index is 12.7. The van der Waals surface area contributed by atoms with E-state index in [1.54, 1.807) is 11.3 Å². The first-order valence-corrected chi connectivity index (χ1v) is 10.8. The second-order valence-corrected chi connectivity index (χ2v) is 8.27. The number of carbonyl (C=O) groups excluding carboxylic acids is 1. The van der Waals surface area contributed by atoms with E-state index in [4.69, 9.17) is 4.74 Å². The van der Waals surface area contributed by atoms with Crippen LogP contribution in [0.15, 0.2) is 5.38 Å². The highest BCUT2D eigenvalue weighted by atomic mass is 32.1. The summed E-state index contributed by atoms with van der Waals surface area (Å²) >= 11 is 1.57. The van der Waals surface area contributed by atoms with E-state index in [0.29, 0.717) is 13.0 Å². The van der Waals surface area contributed by atoms with Gasteiger partial charge in [0.05, 0.1) is 17.8 Å². The number of aromatic nitrogens is 3. The van der Waals surface area contributed by atoms with Gasteiger partial charge >= 0.3 is 0 Å². The molecule has 0 bridgehead atoms. The molecule has 0 aliphatic carbocycles. The number of amides is 1. The quantitative estimate of drug-likeness (QED) is 0.708. The van der Waals surface area contributed by atoms with Crippen LogP contribution in [0, 0.1) is 13.8 Å². The maximum Gasteiger partial charge on any atom is 0.228 e. The molecule has 1 atom stereocenters. The molecule has 0 spiro atoms. The lowest BCUT2D eigenvalue weighted by molar-refractivity contribution is -0.132. The summed E-state index contributed by atoms with van der Waals surface area (Å²) in [5, 5.41) is 7.42. The van der Waals surface area contributed by atoms with Gasteiger partial charge in [0.2, 0.25) is 5.91 Å². The highest BCUT2D eigenvalue weighted by molar-refractivity contribution is 7.09. The van der Waals surface area contributed by atoms with Crippen molar-refractivity contribution in [3.63, 3.8) is 0 Å². The topological polar surface area (TPSA) is 63.5 Å². The predicted octanol–water partition coefficient (Wildman–Crippen LogP) is 2.48. The molecule has 3 heterocycles. The molecule has 1 unspecified atom stereocenters. The Morgan fingerprint density at radius 1 is 1.29 bits per heavy atom. The third kappa shape index (κ3) is 4.79. The fraction of sp³-hybridized carbons (Fsp3) is 0.650. The number of rotatable bonds is 7. The summed E-state index contributed by atoms with van der Waals surface area (Å²) in [6.07, 6.45) is 0.359. The average Bonchev–Trinajstić information content (AvgIpc) is 3.23. The second kappa shape index (κ2) is 9.15. The van der Waals surface area contributed by atoms with Crippen LogP contribution in [0.3, 0.4) is 0 Å². The smallest absolute Gasteiger partial charge is 0.228 e. The van der Waals surface area contributed by atoms with Crippen molar-refractivity contribution in [2.24, 2.45) is 7.05 Å². The number of nitrogens with zero attached hydrogens (tertiary/aromatic N) is 5. The molecule has 28 heavy (non-hydrogen) atoms. The molecule has 3 rings (SSSR count). The fourth-order valence-corrected chi connectivity index (χ4v) is 4.43. The number of piperazine rings is 1. The molecule has 0 saturated carbocycles. The summed E-state index contributed by atoms with van der Waals surface area (Å²) in [6, 6.07) is 0. The van der Waals surface area contributed by atoms with Crippen LogP contribution in [0.5, 0.6) is 0 Å². The van der Waals surface area contributed by atoms with Crippen molar-refractivity contribution in [1.29, 1.82) is 0 Å². The van der Waals surface area contributed by atoms with Gasteiger partial charge < -0.3 is 9.64 Å². The number of hydrogen-bond donors (Lipinski definition) is 0. The van der Waals surface area contributed by atoms with Crippen LogP contribution in [0.2, 0.25) is 0 Å². The molecule has 1 saturated heterocycles. The Bertz CT molecular complexity index is 808. The van der Waals surface area contributed by atoms with Crippen LogP contribution in [0.1, 0.15) is 47.6 Å². The van der Waals surface area contributed by atoms with Crippen LogP contribution in [0.4, 0.5) is 0 Å². The maximum absolute atomic E-state index is 12.7. The summed E-state index contributed by atoms with van der Waals surface area (Å²) in [6.45, 7) is 13.0. The van der Waals surface area contributed by atoms with Crippen LogP contribution in [-0.2, 0) is 29.5 Å². The highest BCUT2D eigenvalue weighted by Crippen LogP contribution is 2.22. The molecule has 8 heteroatoms. The second-order valence-electron chi connectivity index (χ2n) is 7.38. The van der Waals surface area contributed by atoms with Crippen LogP contribution < -0.4 is 0 Å². The number of ether oxygens (including phenoxy) is 1. The molecule has 0 N–H and O–H groups in total. The van der Waals surface area contributed by atoms with Gasteiger partial charge in [-0.1, -0.05) is 0 Å². The van der Waals surface area contributed by atoms with Crippen LogP contribution in [0.25, 0.3) is 0 Å². The van der Waals surface area contributed by atoms with Gasteiger partial charge in [-0.3, -0.25) is 14.4 Å². The van der Waals surface area contributed by atoms with Crippen molar-refractivity contribution < 1.29 is 9.53 Å². The van der Waals surface area contributed by atoms with E-state index in [1.807, 2.05) is 35.9 Å². The number of aryl methyl sites for hydroxylation is 2. The molecule has 2 aromatic rings. The van der Waals surface area contributed by atoms with Crippen molar-refractivity contribution >= 4 is 17.2 Å². The first kappa shape index (κ1) is 21.0. The number of carbonyl (C=O) groups is 1. The summed E-state index contributed by atoms with van der Waals surface area (Å²) < 4.78 is 7.53. The van der Waals surface area contributed by atoms with Gasteiger partial charge in [0, 0.05) is 63.0 Å². The van der Waals surface area contributed by atoms with Crippen molar-refractivity contribution in [2.75, 3.05) is 32.8 Å². The van der Waals surface area contributed by atoms with Gasteiger partial charge in [-0.2, -0.15) is 5.10 Å². The lowest BCUT2D eigenvalue weighted by atomic mass is 10.1. The first-order chi connectivity index (χ1) is 13.4. The molecule has 1 amide bonds. The van der Waals surface area contributed by atoms with Crippen LogP contribution >= 0.6 is 11.3 Å². The molecular weight excluding hydrogens is 374 g/mol. The van der Waals surface area contributed by atoms with Gasteiger partial charge in [0.25, 0.3) is 0 Å². The molecule has 1 aliphatic heterocycles. The number of hydrogen-bond acceptors (Lipinski definition) is 6. The lowest BCUT2D eigenvalue weighted by Crippen LogP contribution is -2.48. The van der Waals surface area contributed by atoms with Crippen molar-refractivity contribution in [3.8, 4) is 0 Å². The molecule has 0 aromatic carbocycles. The third-order valence-corrected chi connectivity index (χ3v) is 6.49. The van der Waals surface area contributed by atoms with E-state index in [9.17, 15) is 4.79 Å². The van der Waals surface area contributed by atoms with Gasteiger partial charge in [-0.15, -0.1) is 11.3 Å². The van der Waals surface area contributed by atoms with Crippen molar-refractivity contribution in [3.05, 3.63) is 33.0 Å². The van der Waals surface area contributed by atoms with Crippen LogP contribution in [-0.4, -0.2) is 63.3 Å². The summed E-state index contributed by atoms with van der Waals surface area (Å²) in [5.74, 6) is 0.161. The Morgan fingerprint density at radius 2 is 2.00 bits per heavy atom. The Balaban J connectivity index is 1.50. The van der Waals surface area contributed by atoms with E-state index >= 15 is 0 Å². The fourth-order valence-electron chi connectivity index (χ4n) is 3.60. The largest absolute Gasteiger partial charge is 0.372 e. The normalized spacial score (nSPS) is 16.5. The minimum Gasteiger partial charge on any atom is -0.372 e. The van der Waals surface area contributed by atoms with Crippen molar-refractivity contribution in [1.82, 2.24) is 24.6 Å². The van der Waals surface area contributed by atoms with Gasteiger partial charge in [-0.25, -0.2) is 4.98 Å². The van der Waals surface area contributed by atoms with E-state index in [1.165, 1.54) is 11.3 Å². The molecule has 154 valence electrons. The minimum atomic E-state index is -0.0122. The third-order valence-electron chi connectivity index (χ3n) is 5.43. The average molecular weight is 406 g/mol. The predicted molar refractivity (Wildman–Crippen MR) is 110 cm³/mol. The highest BCUT2D eigenvalue weighted by Gasteiger charge is 2.23.